The normalized spacial score (nSPS) is 16.3. The topological polar surface area (TPSA) is 50.4 Å². The summed E-state index contributed by atoms with van der Waals surface area (Å²) in [6.07, 6.45) is 0.883. The van der Waals surface area contributed by atoms with Gasteiger partial charge in [0.25, 0.3) is 5.91 Å². The smallest absolute Gasteiger partial charge is 0.257 e. The summed E-state index contributed by atoms with van der Waals surface area (Å²) in [5.74, 6) is -0.215. The van der Waals surface area contributed by atoms with Gasteiger partial charge in [-0.1, -0.05) is 42.5 Å². The van der Waals surface area contributed by atoms with E-state index in [1.54, 1.807) is 12.1 Å². The number of benzene rings is 2. The van der Waals surface area contributed by atoms with Crippen LogP contribution in [0.5, 0.6) is 0 Å². The molecule has 1 heterocycles. The van der Waals surface area contributed by atoms with Crippen LogP contribution in [0.1, 0.15) is 27.6 Å². The Labute approximate surface area is 140 Å². The molecule has 0 aliphatic carbocycles. The monoisotopic (exact) mass is 326 g/mol. The minimum Gasteiger partial charge on any atom is -0.371 e. The van der Waals surface area contributed by atoms with Crippen molar-refractivity contribution in [1.82, 2.24) is 10.6 Å². The molecule has 1 aliphatic heterocycles. The first-order valence-electron chi connectivity index (χ1n) is 7.57. The third kappa shape index (κ3) is 3.94. The molecule has 1 aliphatic rings. The summed E-state index contributed by atoms with van der Waals surface area (Å²) < 4.78 is 5.81. The van der Waals surface area contributed by atoms with Crippen molar-refractivity contribution in [2.45, 2.75) is 12.5 Å². The Bertz CT molecular complexity index is 703. The SMILES string of the molecule is O=C(NC(=S)NC[C@H]1OCCc2ccccc21)c1ccccc1. The summed E-state index contributed by atoms with van der Waals surface area (Å²) in [6.45, 7) is 1.23. The van der Waals surface area contributed by atoms with Crippen molar-refractivity contribution in [3.05, 3.63) is 71.3 Å². The van der Waals surface area contributed by atoms with E-state index < -0.39 is 0 Å². The van der Waals surface area contributed by atoms with Crippen molar-refractivity contribution in [3.8, 4) is 0 Å². The third-order valence-corrected chi connectivity index (χ3v) is 4.05. The molecule has 118 valence electrons. The third-order valence-electron chi connectivity index (χ3n) is 3.80. The van der Waals surface area contributed by atoms with Crippen molar-refractivity contribution in [2.75, 3.05) is 13.2 Å². The number of rotatable bonds is 3. The lowest BCUT2D eigenvalue weighted by molar-refractivity contribution is 0.0455. The fourth-order valence-corrected chi connectivity index (χ4v) is 2.82. The zero-order chi connectivity index (χ0) is 16.1. The van der Waals surface area contributed by atoms with Gasteiger partial charge >= 0.3 is 0 Å². The molecule has 0 saturated heterocycles. The first-order chi connectivity index (χ1) is 11.2. The number of ether oxygens (including phenoxy) is 1. The summed E-state index contributed by atoms with van der Waals surface area (Å²) >= 11 is 5.20. The predicted octanol–water partition coefficient (Wildman–Crippen LogP) is 2.60. The molecule has 5 heteroatoms. The second kappa shape index (κ2) is 7.35. The number of hydrogen-bond donors (Lipinski definition) is 2. The second-order valence-corrected chi connectivity index (χ2v) is 5.75. The van der Waals surface area contributed by atoms with Crippen LogP contribution in [0.3, 0.4) is 0 Å². The molecule has 0 unspecified atom stereocenters. The lowest BCUT2D eigenvalue weighted by Crippen LogP contribution is -2.41. The van der Waals surface area contributed by atoms with E-state index in [0.29, 0.717) is 23.8 Å². The van der Waals surface area contributed by atoms with Crippen LogP contribution in [0, 0.1) is 0 Å². The quantitative estimate of drug-likeness (QED) is 0.851. The molecule has 0 radical (unpaired) electrons. The molecule has 0 fully saturated rings. The van der Waals surface area contributed by atoms with E-state index >= 15 is 0 Å². The predicted molar refractivity (Wildman–Crippen MR) is 93.3 cm³/mol. The second-order valence-electron chi connectivity index (χ2n) is 5.34. The number of amides is 1. The molecule has 2 aromatic carbocycles. The molecule has 23 heavy (non-hydrogen) atoms. The van der Waals surface area contributed by atoms with Crippen LogP contribution in [0.15, 0.2) is 54.6 Å². The van der Waals surface area contributed by atoms with E-state index in [9.17, 15) is 4.79 Å². The van der Waals surface area contributed by atoms with E-state index in [1.807, 2.05) is 30.3 Å². The first-order valence-corrected chi connectivity index (χ1v) is 7.98. The van der Waals surface area contributed by atoms with Gasteiger partial charge in [0, 0.05) is 12.1 Å². The van der Waals surface area contributed by atoms with Crippen molar-refractivity contribution >= 4 is 23.2 Å². The van der Waals surface area contributed by atoms with Gasteiger partial charge in [0.2, 0.25) is 0 Å². The van der Waals surface area contributed by atoms with Crippen molar-refractivity contribution < 1.29 is 9.53 Å². The summed E-state index contributed by atoms with van der Waals surface area (Å²) in [6, 6.07) is 17.3. The molecule has 0 saturated carbocycles. The highest BCUT2D eigenvalue weighted by molar-refractivity contribution is 7.80. The lowest BCUT2D eigenvalue weighted by Gasteiger charge is -2.26. The number of hydrogen-bond acceptors (Lipinski definition) is 3. The van der Waals surface area contributed by atoms with Gasteiger partial charge in [0.1, 0.15) is 6.10 Å². The van der Waals surface area contributed by atoms with Gasteiger partial charge in [-0.05, 0) is 41.9 Å². The Hall–Kier alpha value is -2.24. The molecule has 2 aromatic rings. The first kappa shape index (κ1) is 15.6. The molecule has 1 atom stereocenters. The standard InChI is InChI=1S/C18H18N2O2S/c21-17(14-7-2-1-3-8-14)20-18(23)19-12-16-15-9-5-4-6-13(15)10-11-22-16/h1-9,16H,10-12H2,(H2,19,20,21,23)/t16-/m1/s1. The maximum atomic E-state index is 12.0. The molecule has 0 spiro atoms. The zero-order valence-electron chi connectivity index (χ0n) is 12.6. The van der Waals surface area contributed by atoms with Gasteiger partial charge in [-0.2, -0.15) is 0 Å². The van der Waals surface area contributed by atoms with Gasteiger partial charge in [-0.3, -0.25) is 10.1 Å². The van der Waals surface area contributed by atoms with Crippen LogP contribution in [-0.4, -0.2) is 24.2 Å². The minimum absolute atomic E-state index is 0.0495. The average Bonchev–Trinajstić information content (AvgIpc) is 2.60. The van der Waals surface area contributed by atoms with Crippen LogP contribution in [0.2, 0.25) is 0 Å². The van der Waals surface area contributed by atoms with Crippen LogP contribution in [0.25, 0.3) is 0 Å². The van der Waals surface area contributed by atoms with Gasteiger partial charge in [0.05, 0.1) is 6.61 Å². The van der Waals surface area contributed by atoms with E-state index in [-0.39, 0.29) is 12.0 Å². The van der Waals surface area contributed by atoms with E-state index in [1.165, 1.54) is 11.1 Å². The fraction of sp³-hybridized carbons (Fsp3) is 0.222. The molecule has 0 aromatic heterocycles. The highest BCUT2D eigenvalue weighted by Crippen LogP contribution is 2.26. The number of thiocarbonyl (C=S) groups is 1. The zero-order valence-corrected chi connectivity index (χ0v) is 13.4. The Balaban J connectivity index is 1.55. The van der Waals surface area contributed by atoms with E-state index in [2.05, 4.69) is 22.8 Å². The highest BCUT2D eigenvalue weighted by Gasteiger charge is 2.20. The fourth-order valence-electron chi connectivity index (χ4n) is 2.64. The molecule has 0 bridgehead atoms. The molecular formula is C18H18N2O2S. The molecule has 2 N–H and O–H groups in total. The largest absolute Gasteiger partial charge is 0.371 e. The van der Waals surface area contributed by atoms with Crippen molar-refractivity contribution in [1.29, 1.82) is 0 Å². The molecule has 4 nitrogen and oxygen atoms in total. The number of fused-ring (bicyclic) bond motifs is 1. The van der Waals surface area contributed by atoms with E-state index in [0.717, 1.165) is 6.42 Å². The number of carbonyl (C=O) groups excluding carboxylic acids is 1. The lowest BCUT2D eigenvalue weighted by atomic mass is 9.98. The molecule has 1 amide bonds. The number of nitrogens with one attached hydrogen (secondary N) is 2. The van der Waals surface area contributed by atoms with Gasteiger partial charge in [-0.15, -0.1) is 0 Å². The van der Waals surface area contributed by atoms with Crippen molar-refractivity contribution in [2.24, 2.45) is 0 Å². The summed E-state index contributed by atoms with van der Waals surface area (Å²) in [5.41, 5.74) is 3.07. The number of carbonyl (C=O) groups is 1. The van der Waals surface area contributed by atoms with Gasteiger partial charge in [0.15, 0.2) is 5.11 Å². The Morgan fingerprint density at radius 3 is 2.70 bits per heavy atom. The average molecular weight is 326 g/mol. The van der Waals surface area contributed by atoms with E-state index in [4.69, 9.17) is 17.0 Å². The van der Waals surface area contributed by atoms with Gasteiger partial charge in [-0.25, -0.2) is 0 Å². The molecule has 3 rings (SSSR count). The summed E-state index contributed by atoms with van der Waals surface area (Å²) in [4.78, 5) is 12.0. The summed E-state index contributed by atoms with van der Waals surface area (Å²) in [5, 5.41) is 6.06. The Kier molecular flexibility index (Phi) is 5.00. The summed E-state index contributed by atoms with van der Waals surface area (Å²) in [7, 11) is 0. The maximum absolute atomic E-state index is 12.0. The van der Waals surface area contributed by atoms with Crippen LogP contribution < -0.4 is 10.6 Å². The maximum Gasteiger partial charge on any atom is 0.257 e. The molecular weight excluding hydrogens is 308 g/mol. The van der Waals surface area contributed by atoms with Gasteiger partial charge < -0.3 is 10.1 Å². The van der Waals surface area contributed by atoms with Crippen LogP contribution in [-0.2, 0) is 11.2 Å². The Morgan fingerprint density at radius 1 is 1.13 bits per heavy atom. The Morgan fingerprint density at radius 2 is 1.87 bits per heavy atom. The van der Waals surface area contributed by atoms with Crippen molar-refractivity contribution in [3.63, 3.8) is 0 Å². The highest BCUT2D eigenvalue weighted by atomic mass is 32.1. The van der Waals surface area contributed by atoms with Crippen LogP contribution >= 0.6 is 12.2 Å². The van der Waals surface area contributed by atoms with Crippen LogP contribution in [0.4, 0.5) is 0 Å². The minimum atomic E-state index is -0.215.